The molecule has 0 aromatic heterocycles. The summed E-state index contributed by atoms with van der Waals surface area (Å²) in [6.45, 7) is 3.20. The van der Waals surface area contributed by atoms with Gasteiger partial charge in [0.1, 0.15) is 6.04 Å². The van der Waals surface area contributed by atoms with Crippen LogP contribution < -0.4 is 15.2 Å². The van der Waals surface area contributed by atoms with Crippen molar-refractivity contribution in [2.45, 2.75) is 25.9 Å². The Bertz CT molecular complexity index is 777. The zero-order chi connectivity index (χ0) is 18.0. The summed E-state index contributed by atoms with van der Waals surface area (Å²) in [5.74, 6) is 1.35. The Kier molecular flexibility index (Phi) is 6.51. The summed E-state index contributed by atoms with van der Waals surface area (Å²) in [4.78, 5) is 14.6. The maximum Gasteiger partial charge on any atom is 0.244 e. The van der Waals surface area contributed by atoms with Crippen molar-refractivity contribution in [2.24, 2.45) is 5.73 Å². The minimum absolute atomic E-state index is 0. The van der Waals surface area contributed by atoms with Crippen molar-refractivity contribution < 1.29 is 14.3 Å². The molecule has 0 bridgehead atoms. The second-order valence-electron chi connectivity index (χ2n) is 6.37. The molecule has 26 heavy (non-hydrogen) atoms. The number of aryl methyl sites for hydroxylation is 1. The van der Waals surface area contributed by atoms with Gasteiger partial charge < -0.3 is 20.1 Å². The lowest BCUT2D eigenvalue weighted by Crippen LogP contribution is -2.41. The number of ether oxygens (including phenoxy) is 2. The highest BCUT2D eigenvalue weighted by molar-refractivity contribution is 5.85. The number of carbonyl (C=O) groups is 1. The van der Waals surface area contributed by atoms with E-state index < -0.39 is 6.04 Å². The minimum Gasteiger partial charge on any atom is -0.493 e. The number of halogens is 1. The molecule has 1 atom stereocenters. The Morgan fingerprint density at radius 1 is 1.08 bits per heavy atom. The van der Waals surface area contributed by atoms with E-state index >= 15 is 0 Å². The standard InChI is InChI=1S/C20H24N2O3.ClH/c1-13-4-6-14(7-5-13)19(21)20(23)22-9-8-15-10-17(24-2)18(25-3)11-16(15)12-22;/h4-7,10-11,19H,8-9,12,21H2,1-3H3;1H. The molecule has 0 radical (unpaired) electrons. The third kappa shape index (κ3) is 3.94. The fourth-order valence-corrected chi connectivity index (χ4v) is 3.18. The third-order valence-corrected chi connectivity index (χ3v) is 4.73. The highest BCUT2D eigenvalue weighted by atomic mass is 35.5. The van der Waals surface area contributed by atoms with E-state index in [2.05, 4.69) is 0 Å². The first kappa shape index (κ1) is 20.1. The number of methoxy groups -OCH3 is 2. The molecular weight excluding hydrogens is 352 g/mol. The molecule has 5 nitrogen and oxygen atoms in total. The summed E-state index contributed by atoms with van der Waals surface area (Å²) in [5.41, 5.74) is 10.5. The highest BCUT2D eigenvalue weighted by Crippen LogP contribution is 2.33. The quantitative estimate of drug-likeness (QED) is 0.890. The number of hydrogen-bond acceptors (Lipinski definition) is 4. The molecule has 1 unspecified atom stereocenters. The first-order valence-electron chi connectivity index (χ1n) is 8.38. The second-order valence-corrected chi connectivity index (χ2v) is 6.37. The molecule has 0 saturated heterocycles. The lowest BCUT2D eigenvalue weighted by Gasteiger charge is -2.31. The fourth-order valence-electron chi connectivity index (χ4n) is 3.18. The number of amides is 1. The van der Waals surface area contributed by atoms with Gasteiger partial charge in [0.15, 0.2) is 11.5 Å². The molecular formula is C20H25ClN2O3. The lowest BCUT2D eigenvalue weighted by atomic mass is 9.97. The molecule has 2 aromatic carbocycles. The van der Waals surface area contributed by atoms with Crippen molar-refractivity contribution in [1.29, 1.82) is 0 Å². The lowest BCUT2D eigenvalue weighted by molar-refractivity contribution is -0.133. The van der Waals surface area contributed by atoms with E-state index in [0.29, 0.717) is 18.8 Å². The molecule has 0 fully saturated rings. The number of rotatable bonds is 4. The van der Waals surface area contributed by atoms with Crippen LogP contribution in [-0.4, -0.2) is 31.6 Å². The molecule has 140 valence electrons. The summed E-state index contributed by atoms with van der Waals surface area (Å²) < 4.78 is 10.7. The average Bonchev–Trinajstić information content (AvgIpc) is 2.65. The van der Waals surface area contributed by atoms with E-state index in [0.717, 1.165) is 28.9 Å². The Balaban J connectivity index is 0.00000243. The third-order valence-electron chi connectivity index (χ3n) is 4.73. The average molecular weight is 377 g/mol. The van der Waals surface area contributed by atoms with Gasteiger partial charge >= 0.3 is 0 Å². The van der Waals surface area contributed by atoms with E-state index in [1.54, 1.807) is 14.2 Å². The topological polar surface area (TPSA) is 64.8 Å². The highest BCUT2D eigenvalue weighted by Gasteiger charge is 2.27. The van der Waals surface area contributed by atoms with Crippen LogP contribution in [0.4, 0.5) is 0 Å². The first-order chi connectivity index (χ1) is 12.0. The van der Waals surface area contributed by atoms with E-state index in [9.17, 15) is 4.79 Å². The van der Waals surface area contributed by atoms with E-state index in [-0.39, 0.29) is 18.3 Å². The van der Waals surface area contributed by atoms with Crippen LogP contribution in [0.1, 0.15) is 28.3 Å². The maximum absolute atomic E-state index is 12.8. The predicted molar refractivity (Wildman–Crippen MR) is 104 cm³/mol. The van der Waals surface area contributed by atoms with Crippen molar-refractivity contribution in [2.75, 3.05) is 20.8 Å². The van der Waals surface area contributed by atoms with Gasteiger partial charge in [0.25, 0.3) is 0 Å². The summed E-state index contributed by atoms with van der Waals surface area (Å²) in [6.07, 6.45) is 0.780. The van der Waals surface area contributed by atoms with Crippen molar-refractivity contribution in [1.82, 2.24) is 4.90 Å². The zero-order valence-electron chi connectivity index (χ0n) is 15.3. The van der Waals surface area contributed by atoms with Crippen LogP contribution in [0.2, 0.25) is 0 Å². The van der Waals surface area contributed by atoms with Crippen molar-refractivity contribution in [3.63, 3.8) is 0 Å². The Labute approximate surface area is 160 Å². The predicted octanol–water partition coefficient (Wildman–Crippen LogP) is 3.02. The molecule has 2 aromatic rings. The number of nitrogens with zero attached hydrogens (tertiary/aromatic N) is 1. The van der Waals surface area contributed by atoms with Crippen LogP contribution in [0.3, 0.4) is 0 Å². The normalized spacial score (nSPS) is 14.1. The van der Waals surface area contributed by atoms with Gasteiger partial charge in [-0.1, -0.05) is 29.8 Å². The van der Waals surface area contributed by atoms with Gasteiger partial charge in [0.05, 0.1) is 14.2 Å². The van der Waals surface area contributed by atoms with E-state index in [4.69, 9.17) is 15.2 Å². The molecule has 1 heterocycles. The van der Waals surface area contributed by atoms with Gasteiger partial charge in [-0.25, -0.2) is 0 Å². The summed E-state index contributed by atoms with van der Waals surface area (Å²) >= 11 is 0. The molecule has 0 spiro atoms. The van der Waals surface area contributed by atoms with Gasteiger partial charge in [-0.05, 0) is 42.2 Å². The molecule has 1 aliphatic rings. The summed E-state index contributed by atoms with van der Waals surface area (Å²) in [5, 5.41) is 0. The van der Waals surface area contributed by atoms with Crippen LogP contribution in [0.15, 0.2) is 36.4 Å². The molecule has 6 heteroatoms. The van der Waals surface area contributed by atoms with Crippen LogP contribution in [0.5, 0.6) is 11.5 Å². The molecule has 0 saturated carbocycles. The SMILES string of the molecule is COc1cc2c(cc1OC)CN(C(=O)C(N)c1ccc(C)cc1)CC2.Cl. The molecule has 3 rings (SSSR count). The minimum atomic E-state index is -0.637. The van der Waals surface area contributed by atoms with Crippen molar-refractivity contribution in [3.05, 3.63) is 58.7 Å². The largest absolute Gasteiger partial charge is 0.493 e. The Morgan fingerprint density at radius 3 is 2.23 bits per heavy atom. The number of hydrogen-bond donors (Lipinski definition) is 1. The Hall–Kier alpha value is -2.24. The van der Waals surface area contributed by atoms with Crippen LogP contribution in [0.25, 0.3) is 0 Å². The first-order valence-corrected chi connectivity index (χ1v) is 8.38. The van der Waals surface area contributed by atoms with Crippen molar-refractivity contribution >= 4 is 18.3 Å². The van der Waals surface area contributed by atoms with E-state index in [1.807, 2.05) is 48.2 Å². The number of nitrogens with two attached hydrogens (primary N) is 1. The summed E-state index contributed by atoms with van der Waals surface area (Å²) in [6, 6.07) is 11.1. The smallest absolute Gasteiger partial charge is 0.244 e. The molecule has 2 N–H and O–H groups in total. The van der Waals surface area contributed by atoms with Crippen LogP contribution in [-0.2, 0) is 17.8 Å². The van der Waals surface area contributed by atoms with Gasteiger partial charge in [-0.3, -0.25) is 4.79 Å². The van der Waals surface area contributed by atoms with Gasteiger partial charge in [0, 0.05) is 13.1 Å². The fraction of sp³-hybridized carbons (Fsp3) is 0.350. The second kappa shape index (κ2) is 8.43. The van der Waals surface area contributed by atoms with Crippen LogP contribution in [0, 0.1) is 6.92 Å². The Morgan fingerprint density at radius 2 is 1.65 bits per heavy atom. The van der Waals surface area contributed by atoms with E-state index in [1.165, 1.54) is 5.56 Å². The zero-order valence-corrected chi connectivity index (χ0v) is 16.1. The van der Waals surface area contributed by atoms with Gasteiger partial charge in [0.2, 0.25) is 5.91 Å². The monoisotopic (exact) mass is 376 g/mol. The van der Waals surface area contributed by atoms with Gasteiger partial charge in [-0.2, -0.15) is 0 Å². The van der Waals surface area contributed by atoms with Gasteiger partial charge in [-0.15, -0.1) is 12.4 Å². The van der Waals surface area contributed by atoms with Crippen molar-refractivity contribution in [3.8, 4) is 11.5 Å². The number of benzene rings is 2. The van der Waals surface area contributed by atoms with Crippen LogP contribution >= 0.6 is 12.4 Å². The molecule has 1 amide bonds. The number of carbonyl (C=O) groups excluding carboxylic acids is 1. The maximum atomic E-state index is 12.8. The summed E-state index contributed by atoms with van der Waals surface area (Å²) in [7, 11) is 3.24. The molecule has 0 aliphatic carbocycles. The molecule has 1 aliphatic heterocycles. The number of fused-ring (bicyclic) bond motifs is 1.